The van der Waals surface area contributed by atoms with E-state index in [1.165, 1.54) is 23.2 Å². The van der Waals surface area contributed by atoms with E-state index in [0.29, 0.717) is 17.4 Å². The summed E-state index contributed by atoms with van der Waals surface area (Å²) < 4.78 is 5.25. The average molecular weight is 369 g/mol. The maximum Gasteiger partial charge on any atom is 0.295 e. The van der Waals surface area contributed by atoms with Gasteiger partial charge in [0.05, 0.1) is 6.26 Å². The van der Waals surface area contributed by atoms with Crippen LogP contribution in [0.15, 0.2) is 47.1 Å². The molecule has 0 radical (unpaired) electrons. The molecule has 2 heterocycles. The zero-order valence-electron chi connectivity index (χ0n) is 15.5. The first-order valence-corrected chi connectivity index (χ1v) is 9.51. The predicted molar refractivity (Wildman–Crippen MR) is 105 cm³/mol. The number of furan rings is 1. The first-order valence-electron chi connectivity index (χ1n) is 8.70. The van der Waals surface area contributed by atoms with Crippen molar-refractivity contribution in [2.24, 2.45) is 0 Å². The summed E-state index contributed by atoms with van der Waals surface area (Å²) >= 11 is 1.41. The highest BCUT2D eigenvalue weighted by atomic mass is 32.1. The van der Waals surface area contributed by atoms with Crippen LogP contribution < -0.4 is 4.90 Å². The Bertz CT molecular complexity index is 861. The fraction of sp³-hybridized carbons (Fsp3) is 0.350. The van der Waals surface area contributed by atoms with E-state index >= 15 is 0 Å². The Morgan fingerprint density at radius 2 is 1.88 bits per heavy atom. The van der Waals surface area contributed by atoms with E-state index in [0.717, 1.165) is 17.0 Å². The number of benzene rings is 1. The van der Waals surface area contributed by atoms with Crippen molar-refractivity contribution in [3.63, 3.8) is 0 Å². The van der Waals surface area contributed by atoms with E-state index in [2.05, 4.69) is 55.2 Å². The van der Waals surface area contributed by atoms with Crippen LogP contribution in [-0.2, 0) is 5.41 Å². The second kappa shape index (κ2) is 7.41. The molecule has 1 amide bonds. The van der Waals surface area contributed by atoms with Gasteiger partial charge in [0, 0.05) is 12.1 Å². The first-order chi connectivity index (χ1) is 12.4. The SMILES string of the molecule is CCCN(C(=O)c1ccco1)c1nnc(-c2ccc(C(C)(C)C)cc2)s1. The molecule has 0 fully saturated rings. The van der Waals surface area contributed by atoms with Gasteiger partial charge in [-0.1, -0.05) is 63.3 Å². The van der Waals surface area contributed by atoms with Crippen LogP contribution in [0.5, 0.6) is 0 Å². The van der Waals surface area contributed by atoms with Crippen LogP contribution in [0.3, 0.4) is 0 Å². The quantitative estimate of drug-likeness (QED) is 0.624. The molecule has 0 atom stereocenters. The van der Waals surface area contributed by atoms with Crippen molar-refractivity contribution in [1.29, 1.82) is 0 Å². The number of carbonyl (C=O) groups is 1. The van der Waals surface area contributed by atoms with Crippen LogP contribution in [0.2, 0.25) is 0 Å². The second-order valence-electron chi connectivity index (χ2n) is 7.15. The highest BCUT2D eigenvalue weighted by Gasteiger charge is 2.23. The topological polar surface area (TPSA) is 59.2 Å². The smallest absolute Gasteiger partial charge is 0.295 e. The van der Waals surface area contributed by atoms with E-state index in [9.17, 15) is 4.79 Å². The van der Waals surface area contributed by atoms with Gasteiger partial charge < -0.3 is 4.42 Å². The van der Waals surface area contributed by atoms with Crippen molar-refractivity contribution < 1.29 is 9.21 Å². The predicted octanol–water partition coefficient (Wildman–Crippen LogP) is 5.15. The number of aromatic nitrogens is 2. The lowest BCUT2D eigenvalue weighted by atomic mass is 9.87. The molecular weight excluding hydrogens is 346 g/mol. The highest BCUT2D eigenvalue weighted by Crippen LogP contribution is 2.31. The van der Waals surface area contributed by atoms with Crippen LogP contribution in [0.4, 0.5) is 5.13 Å². The molecule has 0 N–H and O–H groups in total. The van der Waals surface area contributed by atoms with Gasteiger partial charge in [-0.05, 0) is 29.5 Å². The van der Waals surface area contributed by atoms with E-state index < -0.39 is 0 Å². The number of nitrogens with zero attached hydrogens (tertiary/aromatic N) is 3. The minimum Gasteiger partial charge on any atom is -0.459 e. The summed E-state index contributed by atoms with van der Waals surface area (Å²) in [5, 5.41) is 9.92. The molecule has 0 aliphatic carbocycles. The van der Waals surface area contributed by atoms with E-state index in [1.807, 2.05) is 6.92 Å². The Labute approximate surface area is 157 Å². The lowest BCUT2D eigenvalue weighted by Gasteiger charge is -2.18. The average Bonchev–Trinajstić information content (AvgIpc) is 3.30. The molecule has 0 saturated carbocycles. The molecule has 0 unspecified atom stereocenters. The Hall–Kier alpha value is -2.47. The van der Waals surface area contributed by atoms with E-state index in [1.54, 1.807) is 17.0 Å². The van der Waals surface area contributed by atoms with Gasteiger partial charge in [-0.2, -0.15) is 0 Å². The van der Waals surface area contributed by atoms with Gasteiger partial charge in [-0.3, -0.25) is 9.69 Å². The third-order valence-corrected chi connectivity index (χ3v) is 5.06. The Kier molecular flexibility index (Phi) is 5.23. The molecule has 0 spiro atoms. The summed E-state index contributed by atoms with van der Waals surface area (Å²) in [5.41, 5.74) is 2.38. The molecule has 5 nitrogen and oxygen atoms in total. The molecule has 0 saturated heterocycles. The molecule has 0 aliphatic rings. The Morgan fingerprint density at radius 3 is 2.46 bits per heavy atom. The fourth-order valence-electron chi connectivity index (χ4n) is 2.59. The van der Waals surface area contributed by atoms with Crippen molar-refractivity contribution in [2.45, 2.75) is 39.5 Å². The summed E-state index contributed by atoms with van der Waals surface area (Å²) in [4.78, 5) is 14.3. The minimum absolute atomic E-state index is 0.109. The monoisotopic (exact) mass is 369 g/mol. The van der Waals surface area contributed by atoms with Crippen LogP contribution in [-0.4, -0.2) is 22.6 Å². The number of anilines is 1. The van der Waals surface area contributed by atoms with Gasteiger partial charge >= 0.3 is 0 Å². The third kappa shape index (κ3) is 3.85. The molecule has 1 aromatic carbocycles. The maximum atomic E-state index is 12.7. The lowest BCUT2D eigenvalue weighted by Crippen LogP contribution is -2.31. The number of hydrogen-bond donors (Lipinski definition) is 0. The van der Waals surface area contributed by atoms with Crippen molar-refractivity contribution in [3.8, 4) is 10.6 Å². The minimum atomic E-state index is -0.192. The molecule has 26 heavy (non-hydrogen) atoms. The normalized spacial score (nSPS) is 11.5. The Balaban J connectivity index is 1.86. The van der Waals surface area contributed by atoms with Gasteiger partial charge in [0.1, 0.15) is 5.01 Å². The largest absolute Gasteiger partial charge is 0.459 e. The molecule has 3 rings (SSSR count). The molecule has 6 heteroatoms. The van der Waals surface area contributed by atoms with Gasteiger partial charge in [-0.25, -0.2) is 0 Å². The molecule has 136 valence electrons. The zero-order chi connectivity index (χ0) is 18.7. The van der Waals surface area contributed by atoms with Gasteiger partial charge in [0.15, 0.2) is 5.76 Å². The first kappa shape index (κ1) is 18.3. The van der Waals surface area contributed by atoms with Crippen molar-refractivity contribution in [1.82, 2.24) is 10.2 Å². The van der Waals surface area contributed by atoms with Crippen LogP contribution in [0, 0.1) is 0 Å². The van der Waals surface area contributed by atoms with Gasteiger partial charge in [0.2, 0.25) is 5.13 Å². The summed E-state index contributed by atoms with van der Waals surface area (Å²) in [6.07, 6.45) is 2.32. The van der Waals surface area contributed by atoms with Gasteiger partial charge in [-0.15, -0.1) is 10.2 Å². The molecule has 0 bridgehead atoms. The summed E-state index contributed by atoms with van der Waals surface area (Å²) in [6.45, 7) is 9.16. The van der Waals surface area contributed by atoms with Crippen LogP contribution in [0.1, 0.15) is 50.2 Å². The summed E-state index contributed by atoms with van der Waals surface area (Å²) in [7, 11) is 0. The standard InChI is InChI=1S/C20H23N3O2S/c1-5-12-23(18(24)16-7-6-13-25-16)19-22-21-17(26-19)14-8-10-15(11-9-14)20(2,3)4/h6-11,13H,5,12H2,1-4H3. The van der Waals surface area contributed by atoms with Crippen molar-refractivity contribution >= 4 is 22.4 Å². The van der Waals surface area contributed by atoms with Crippen molar-refractivity contribution in [2.75, 3.05) is 11.4 Å². The summed E-state index contributed by atoms with van der Waals surface area (Å²) in [5.74, 6) is 0.118. The highest BCUT2D eigenvalue weighted by molar-refractivity contribution is 7.18. The van der Waals surface area contributed by atoms with Crippen LogP contribution >= 0.6 is 11.3 Å². The van der Waals surface area contributed by atoms with Gasteiger partial charge in [0.25, 0.3) is 5.91 Å². The van der Waals surface area contributed by atoms with Crippen molar-refractivity contribution in [3.05, 3.63) is 54.0 Å². The lowest BCUT2D eigenvalue weighted by molar-refractivity contribution is 0.0960. The van der Waals surface area contributed by atoms with Crippen LogP contribution in [0.25, 0.3) is 10.6 Å². The summed E-state index contributed by atoms with van der Waals surface area (Å²) in [6, 6.07) is 11.7. The second-order valence-corrected chi connectivity index (χ2v) is 8.11. The number of amides is 1. The molecule has 0 aliphatic heterocycles. The fourth-order valence-corrected chi connectivity index (χ4v) is 3.47. The Morgan fingerprint density at radius 1 is 1.15 bits per heavy atom. The molecular formula is C20H23N3O2S. The van der Waals surface area contributed by atoms with E-state index in [4.69, 9.17) is 4.42 Å². The number of hydrogen-bond acceptors (Lipinski definition) is 5. The number of rotatable bonds is 5. The zero-order valence-corrected chi connectivity index (χ0v) is 16.3. The number of carbonyl (C=O) groups excluding carboxylic acids is 1. The molecule has 3 aromatic rings. The third-order valence-electron chi connectivity index (χ3n) is 4.07. The maximum absolute atomic E-state index is 12.7. The van der Waals surface area contributed by atoms with E-state index in [-0.39, 0.29) is 11.3 Å². The molecule has 2 aromatic heterocycles.